The molecule has 0 N–H and O–H groups in total. The van der Waals surface area contributed by atoms with Crippen molar-refractivity contribution in [3.05, 3.63) is 11.6 Å². The lowest BCUT2D eigenvalue weighted by atomic mass is 9.48. The summed E-state index contributed by atoms with van der Waals surface area (Å²) < 4.78 is 5.81. The van der Waals surface area contributed by atoms with Gasteiger partial charge in [0.2, 0.25) is 0 Å². The maximum absolute atomic E-state index is 11.8. The third-order valence-corrected chi connectivity index (χ3v) is 7.30. The van der Waals surface area contributed by atoms with E-state index in [0.29, 0.717) is 36.4 Å². The number of carbonyl (C=O) groups is 2. The molecule has 0 aromatic rings. The number of hydrogen-bond acceptors (Lipinski definition) is 3. The molecule has 3 aliphatic carbocycles. The van der Waals surface area contributed by atoms with Crippen LogP contribution in [0.5, 0.6) is 0 Å². The van der Waals surface area contributed by atoms with Crippen LogP contribution in [-0.2, 0) is 14.3 Å². The highest BCUT2D eigenvalue weighted by Crippen LogP contribution is 2.61. The maximum Gasteiger partial charge on any atom is 0.306 e. The molecule has 4 rings (SSSR count). The van der Waals surface area contributed by atoms with Gasteiger partial charge in [0.25, 0.3) is 0 Å². The Morgan fingerprint density at radius 2 is 1.82 bits per heavy atom. The molecule has 4 aliphatic rings. The fraction of sp³-hybridized carbons (Fsp3) is 0.789. The summed E-state index contributed by atoms with van der Waals surface area (Å²) in [7, 11) is 0. The minimum Gasteiger partial charge on any atom is -0.459 e. The van der Waals surface area contributed by atoms with Crippen molar-refractivity contribution in [3.63, 3.8) is 0 Å². The number of rotatable bonds is 0. The van der Waals surface area contributed by atoms with Gasteiger partial charge in [0, 0.05) is 18.8 Å². The molecule has 120 valence electrons. The largest absolute Gasteiger partial charge is 0.459 e. The van der Waals surface area contributed by atoms with Crippen LogP contribution in [0.1, 0.15) is 65.2 Å². The van der Waals surface area contributed by atoms with E-state index >= 15 is 0 Å². The number of fused-ring (bicyclic) bond motifs is 5. The Morgan fingerprint density at radius 1 is 1.00 bits per heavy atom. The fourth-order valence-corrected chi connectivity index (χ4v) is 6.08. The molecule has 0 spiro atoms. The number of carbonyl (C=O) groups excluding carboxylic acids is 2. The molecular weight excluding hydrogens is 276 g/mol. The molecule has 1 aliphatic heterocycles. The third kappa shape index (κ3) is 1.93. The highest BCUT2D eigenvalue weighted by molar-refractivity contribution is 5.91. The highest BCUT2D eigenvalue weighted by atomic mass is 16.6. The predicted octanol–water partition coefficient (Wildman–Crippen LogP) is 3.81. The van der Waals surface area contributed by atoms with Crippen LogP contribution in [0.2, 0.25) is 0 Å². The summed E-state index contributed by atoms with van der Waals surface area (Å²) in [6, 6.07) is 0. The molecule has 0 aromatic heterocycles. The third-order valence-electron chi connectivity index (χ3n) is 7.30. The van der Waals surface area contributed by atoms with Crippen LogP contribution in [0.3, 0.4) is 0 Å². The average molecular weight is 302 g/mol. The zero-order valence-corrected chi connectivity index (χ0v) is 13.7. The van der Waals surface area contributed by atoms with Crippen LogP contribution in [-0.4, -0.2) is 17.4 Å². The second kappa shape index (κ2) is 4.69. The van der Waals surface area contributed by atoms with Gasteiger partial charge in [-0.2, -0.15) is 0 Å². The summed E-state index contributed by atoms with van der Waals surface area (Å²) in [6.45, 7) is 4.54. The first-order chi connectivity index (χ1) is 10.4. The minimum atomic E-state index is -0.238. The number of allylic oxidation sites excluding steroid dienone is 2. The standard InChI is InChI=1S/C19H26O3/c1-18-9-7-13(20)11-12(18)3-4-14-15(18)8-10-19(2)16(14)5-6-17(21)22-19/h11,14-16H,3-10H2,1-2H3/t14-,15+,16+,18-,19-/m0/s1. The molecule has 0 amide bonds. The van der Waals surface area contributed by atoms with Crippen molar-refractivity contribution in [2.45, 2.75) is 70.8 Å². The van der Waals surface area contributed by atoms with Crippen LogP contribution in [0.4, 0.5) is 0 Å². The highest BCUT2D eigenvalue weighted by Gasteiger charge is 2.57. The topological polar surface area (TPSA) is 43.4 Å². The zero-order valence-electron chi connectivity index (χ0n) is 13.7. The monoisotopic (exact) mass is 302 g/mol. The van der Waals surface area contributed by atoms with Crippen LogP contribution < -0.4 is 0 Å². The van der Waals surface area contributed by atoms with Crippen molar-refractivity contribution in [2.24, 2.45) is 23.2 Å². The van der Waals surface area contributed by atoms with Gasteiger partial charge in [0.15, 0.2) is 5.78 Å². The molecule has 22 heavy (non-hydrogen) atoms. The molecule has 5 atom stereocenters. The lowest BCUT2D eigenvalue weighted by molar-refractivity contribution is -0.194. The smallest absolute Gasteiger partial charge is 0.306 e. The van der Waals surface area contributed by atoms with Crippen LogP contribution >= 0.6 is 0 Å². The average Bonchev–Trinajstić information content (AvgIpc) is 2.46. The van der Waals surface area contributed by atoms with Crippen LogP contribution in [0.25, 0.3) is 0 Å². The van der Waals surface area contributed by atoms with Crippen molar-refractivity contribution >= 4 is 11.8 Å². The molecule has 0 radical (unpaired) electrons. The molecular formula is C19H26O3. The molecule has 1 heterocycles. The van der Waals surface area contributed by atoms with E-state index in [4.69, 9.17) is 4.74 Å². The number of esters is 1. The van der Waals surface area contributed by atoms with Gasteiger partial charge in [-0.15, -0.1) is 0 Å². The minimum absolute atomic E-state index is 0.0110. The Balaban J connectivity index is 1.67. The normalized spacial score (nSPS) is 47.7. The van der Waals surface area contributed by atoms with Crippen LogP contribution in [0, 0.1) is 23.2 Å². The van der Waals surface area contributed by atoms with Crippen molar-refractivity contribution in [2.75, 3.05) is 0 Å². The molecule has 0 unspecified atom stereocenters. The second-order valence-electron chi connectivity index (χ2n) is 8.33. The maximum atomic E-state index is 11.8. The SMILES string of the molecule is C[C@]12CCC(=O)C=C1CC[C@H]1[C@H]2CC[C@]2(C)OC(=O)CC[C@H]12. The van der Waals surface area contributed by atoms with Gasteiger partial charge in [-0.3, -0.25) is 9.59 Å². The molecule has 3 fully saturated rings. The van der Waals surface area contributed by atoms with Gasteiger partial charge < -0.3 is 4.74 Å². The van der Waals surface area contributed by atoms with E-state index in [1.165, 1.54) is 5.57 Å². The molecule has 1 saturated heterocycles. The van der Waals surface area contributed by atoms with Gasteiger partial charge in [-0.25, -0.2) is 0 Å². The second-order valence-corrected chi connectivity index (χ2v) is 8.33. The van der Waals surface area contributed by atoms with Crippen molar-refractivity contribution in [1.29, 1.82) is 0 Å². The van der Waals surface area contributed by atoms with Gasteiger partial charge in [-0.05, 0) is 68.8 Å². The number of hydrogen-bond donors (Lipinski definition) is 0. The summed E-state index contributed by atoms with van der Waals surface area (Å²) >= 11 is 0. The molecule has 0 aromatic carbocycles. The van der Waals surface area contributed by atoms with Crippen molar-refractivity contribution in [1.82, 2.24) is 0 Å². The predicted molar refractivity (Wildman–Crippen MR) is 83.1 cm³/mol. The summed E-state index contributed by atoms with van der Waals surface area (Å²) in [5.41, 5.74) is 1.37. The number of ketones is 1. The lowest BCUT2D eigenvalue weighted by Gasteiger charge is -2.59. The van der Waals surface area contributed by atoms with E-state index < -0.39 is 0 Å². The number of ether oxygens (including phenoxy) is 1. The van der Waals surface area contributed by atoms with Gasteiger partial charge >= 0.3 is 5.97 Å². The Bertz CT molecular complexity index is 563. The first kappa shape index (κ1) is 14.5. The van der Waals surface area contributed by atoms with E-state index in [2.05, 4.69) is 13.8 Å². The summed E-state index contributed by atoms with van der Waals surface area (Å²) in [4.78, 5) is 23.5. The van der Waals surface area contributed by atoms with E-state index in [9.17, 15) is 9.59 Å². The first-order valence-electron chi connectivity index (χ1n) is 8.88. The Morgan fingerprint density at radius 3 is 2.64 bits per heavy atom. The van der Waals surface area contributed by atoms with E-state index in [1.807, 2.05) is 6.08 Å². The first-order valence-corrected chi connectivity index (χ1v) is 8.88. The summed E-state index contributed by atoms with van der Waals surface area (Å²) in [5.74, 6) is 2.14. The van der Waals surface area contributed by atoms with Gasteiger partial charge in [0.05, 0.1) is 0 Å². The van der Waals surface area contributed by atoms with Gasteiger partial charge in [0.1, 0.15) is 5.60 Å². The Hall–Kier alpha value is -1.12. The summed E-state index contributed by atoms with van der Waals surface area (Å²) in [6.07, 6.45) is 9.60. The summed E-state index contributed by atoms with van der Waals surface area (Å²) in [5, 5.41) is 0. The lowest BCUT2D eigenvalue weighted by Crippen LogP contribution is -2.56. The fourth-order valence-electron chi connectivity index (χ4n) is 6.08. The zero-order chi connectivity index (χ0) is 15.5. The van der Waals surface area contributed by atoms with Crippen LogP contribution in [0.15, 0.2) is 11.6 Å². The molecule has 3 nitrogen and oxygen atoms in total. The van der Waals surface area contributed by atoms with E-state index in [0.717, 1.165) is 38.5 Å². The van der Waals surface area contributed by atoms with Crippen molar-refractivity contribution in [3.8, 4) is 0 Å². The van der Waals surface area contributed by atoms with Gasteiger partial charge in [-0.1, -0.05) is 12.5 Å². The Labute approximate surface area is 132 Å². The molecule has 2 saturated carbocycles. The quantitative estimate of drug-likeness (QED) is 0.639. The van der Waals surface area contributed by atoms with E-state index in [-0.39, 0.29) is 17.0 Å². The Kier molecular flexibility index (Phi) is 3.08. The van der Waals surface area contributed by atoms with E-state index in [1.54, 1.807) is 0 Å². The molecule has 3 heteroatoms. The molecule has 0 bridgehead atoms. The van der Waals surface area contributed by atoms with Crippen molar-refractivity contribution < 1.29 is 14.3 Å².